The number of imide groups is 1. The Hall–Kier alpha value is -2.41. The van der Waals surface area contributed by atoms with Gasteiger partial charge in [0, 0.05) is 26.6 Å². The molecule has 0 aliphatic carbocycles. The molecule has 7 nitrogen and oxygen atoms in total. The molecule has 0 spiro atoms. The third-order valence-corrected chi connectivity index (χ3v) is 4.56. The maximum absolute atomic E-state index is 12.6. The highest BCUT2D eigenvalue weighted by Crippen LogP contribution is 2.27. The van der Waals surface area contributed by atoms with Crippen LogP contribution in [0.1, 0.15) is 30.0 Å². The fourth-order valence-corrected chi connectivity index (χ4v) is 3.38. The van der Waals surface area contributed by atoms with Crippen LogP contribution in [0.4, 0.5) is 0 Å². The Morgan fingerprint density at radius 1 is 1.09 bits per heavy atom. The van der Waals surface area contributed by atoms with Gasteiger partial charge in [-0.2, -0.15) is 0 Å². The van der Waals surface area contributed by atoms with Gasteiger partial charge in [0.05, 0.1) is 11.0 Å². The average Bonchev–Trinajstić information content (AvgIpc) is 3.03. The van der Waals surface area contributed by atoms with Crippen molar-refractivity contribution in [3.8, 4) is 0 Å². The van der Waals surface area contributed by atoms with Crippen LogP contribution in [0.25, 0.3) is 11.0 Å². The number of hydrogen-bond donors (Lipinski definition) is 2. The molecule has 1 saturated heterocycles. The molecule has 2 aliphatic heterocycles. The minimum Gasteiger partial charge on any atom is -0.309 e. The summed E-state index contributed by atoms with van der Waals surface area (Å²) in [5.41, 5.74) is 3.69. The van der Waals surface area contributed by atoms with E-state index in [0.29, 0.717) is 6.42 Å². The van der Waals surface area contributed by atoms with Crippen molar-refractivity contribution in [2.24, 2.45) is 7.05 Å². The molecule has 0 bridgehead atoms. The first kappa shape index (κ1) is 13.3. The quantitative estimate of drug-likeness (QED) is 0.722. The number of amides is 2. The van der Waals surface area contributed by atoms with Crippen molar-refractivity contribution < 1.29 is 9.59 Å². The lowest BCUT2D eigenvalue weighted by Crippen LogP contribution is -2.44. The van der Waals surface area contributed by atoms with Gasteiger partial charge in [-0.05, 0) is 29.7 Å². The predicted molar refractivity (Wildman–Crippen MR) is 79.1 cm³/mol. The summed E-state index contributed by atoms with van der Waals surface area (Å²) in [5, 5.41) is 5.60. The molecule has 3 heterocycles. The summed E-state index contributed by atoms with van der Waals surface area (Å²) in [4.78, 5) is 36.0. The van der Waals surface area contributed by atoms with E-state index in [-0.39, 0.29) is 18.0 Å². The zero-order chi connectivity index (χ0) is 15.4. The van der Waals surface area contributed by atoms with E-state index >= 15 is 0 Å². The first-order valence-corrected chi connectivity index (χ1v) is 7.33. The van der Waals surface area contributed by atoms with Crippen molar-refractivity contribution in [3.63, 3.8) is 0 Å². The van der Waals surface area contributed by atoms with Gasteiger partial charge in [0.1, 0.15) is 6.04 Å². The second kappa shape index (κ2) is 4.54. The summed E-state index contributed by atoms with van der Waals surface area (Å²) in [6, 6.07) is 3.37. The highest BCUT2D eigenvalue weighted by atomic mass is 16.2. The molecule has 22 heavy (non-hydrogen) atoms. The zero-order valence-electron chi connectivity index (χ0n) is 12.2. The van der Waals surface area contributed by atoms with Gasteiger partial charge >= 0.3 is 5.69 Å². The maximum atomic E-state index is 12.6. The van der Waals surface area contributed by atoms with Crippen LogP contribution in [0.5, 0.6) is 0 Å². The lowest BCUT2D eigenvalue weighted by Gasteiger charge is -2.22. The Labute approximate surface area is 125 Å². The molecule has 0 radical (unpaired) electrons. The molecule has 2 aromatic rings. The van der Waals surface area contributed by atoms with Gasteiger partial charge in [-0.3, -0.25) is 24.0 Å². The molecule has 2 aliphatic rings. The molecular weight excluding hydrogens is 284 g/mol. The van der Waals surface area contributed by atoms with Crippen LogP contribution < -0.4 is 16.3 Å². The van der Waals surface area contributed by atoms with Crippen molar-refractivity contribution in [2.75, 3.05) is 0 Å². The smallest absolute Gasteiger partial charge is 0.309 e. The molecule has 7 heteroatoms. The number of piperidine rings is 1. The maximum Gasteiger partial charge on any atom is 0.329 e. The van der Waals surface area contributed by atoms with Crippen LogP contribution >= 0.6 is 0 Å². The number of carbonyl (C=O) groups is 2. The summed E-state index contributed by atoms with van der Waals surface area (Å²) in [5.74, 6) is -0.677. The molecule has 1 atom stereocenters. The van der Waals surface area contributed by atoms with Crippen LogP contribution in [-0.4, -0.2) is 20.9 Å². The molecule has 2 N–H and O–H groups in total. The first-order chi connectivity index (χ1) is 10.6. The van der Waals surface area contributed by atoms with Gasteiger partial charge in [-0.25, -0.2) is 4.79 Å². The Morgan fingerprint density at radius 3 is 2.45 bits per heavy atom. The monoisotopic (exact) mass is 300 g/mol. The topological polar surface area (TPSA) is 85.1 Å². The van der Waals surface area contributed by atoms with E-state index in [9.17, 15) is 14.4 Å². The Kier molecular flexibility index (Phi) is 2.74. The number of hydrogen-bond acceptors (Lipinski definition) is 4. The van der Waals surface area contributed by atoms with Gasteiger partial charge in [0.15, 0.2) is 0 Å². The molecule has 4 rings (SSSR count). The molecular formula is C15H16N4O3. The molecule has 0 saturated carbocycles. The van der Waals surface area contributed by atoms with E-state index in [2.05, 4.69) is 10.6 Å². The van der Waals surface area contributed by atoms with Crippen LogP contribution in [0.2, 0.25) is 0 Å². The van der Waals surface area contributed by atoms with Crippen molar-refractivity contribution >= 4 is 22.8 Å². The Morgan fingerprint density at radius 2 is 1.77 bits per heavy atom. The Balaban J connectivity index is 1.94. The summed E-state index contributed by atoms with van der Waals surface area (Å²) in [6.45, 7) is 1.56. The largest absolute Gasteiger partial charge is 0.329 e. The van der Waals surface area contributed by atoms with Crippen molar-refractivity contribution in [2.45, 2.75) is 32.0 Å². The van der Waals surface area contributed by atoms with Crippen LogP contribution in [0.3, 0.4) is 0 Å². The second-order valence-electron chi connectivity index (χ2n) is 5.89. The lowest BCUT2D eigenvalue weighted by molar-refractivity contribution is -0.135. The fraction of sp³-hybridized carbons (Fsp3) is 0.400. The molecule has 114 valence electrons. The summed E-state index contributed by atoms with van der Waals surface area (Å²) in [7, 11) is 1.71. The zero-order valence-corrected chi connectivity index (χ0v) is 12.2. The van der Waals surface area contributed by atoms with E-state index in [1.807, 2.05) is 12.1 Å². The third-order valence-electron chi connectivity index (χ3n) is 4.56. The van der Waals surface area contributed by atoms with Gasteiger partial charge in [0.25, 0.3) is 0 Å². The summed E-state index contributed by atoms with van der Waals surface area (Å²) < 4.78 is 3.09. The molecule has 1 aromatic carbocycles. The van der Waals surface area contributed by atoms with E-state index in [1.54, 1.807) is 11.6 Å². The van der Waals surface area contributed by atoms with Gasteiger partial charge in [-0.15, -0.1) is 0 Å². The van der Waals surface area contributed by atoms with Gasteiger partial charge < -0.3 is 5.32 Å². The van der Waals surface area contributed by atoms with Crippen LogP contribution in [-0.2, 0) is 29.7 Å². The highest BCUT2D eigenvalue weighted by Gasteiger charge is 2.31. The third kappa shape index (κ3) is 1.75. The number of rotatable bonds is 1. The highest BCUT2D eigenvalue weighted by molar-refractivity contribution is 6.00. The number of imidazole rings is 1. The number of aromatic nitrogens is 2. The van der Waals surface area contributed by atoms with Crippen molar-refractivity contribution in [1.82, 2.24) is 19.8 Å². The van der Waals surface area contributed by atoms with E-state index in [4.69, 9.17) is 0 Å². The van der Waals surface area contributed by atoms with Crippen molar-refractivity contribution in [1.29, 1.82) is 0 Å². The second-order valence-corrected chi connectivity index (χ2v) is 5.89. The molecule has 1 fully saturated rings. The number of benzene rings is 1. The number of carbonyl (C=O) groups excluding carboxylic acids is 2. The number of fused-ring (bicyclic) bond motifs is 2. The van der Waals surface area contributed by atoms with Crippen molar-refractivity contribution in [3.05, 3.63) is 33.7 Å². The van der Waals surface area contributed by atoms with Gasteiger partial charge in [0.2, 0.25) is 11.8 Å². The lowest BCUT2D eigenvalue weighted by atomic mass is 10.0. The fourth-order valence-electron chi connectivity index (χ4n) is 3.38. The number of nitrogens with zero attached hydrogens (tertiary/aromatic N) is 2. The minimum atomic E-state index is -0.624. The first-order valence-electron chi connectivity index (χ1n) is 7.33. The molecule has 1 unspecified atom stereocenters. The number of nitrogens with one attached hydrogen (secondary N) is 2. The average molecular weight is 300 g/mol. The van der Waals surface area contributed by atoms with Crippen LogP contribution in [0.15, 0.2) is 16.9 Å². The number of aryl methyl sites for hydroxylation is 1. The Bertz CT molecular complexity index is 877. The SMILES string of the molecule is Cn1c(=O)n(C2CCC(=O)NC2=O)c2cc3c(cc21)CNC3. The normalized spacial score (nSPS) is 21.2. The standard InChI is InChI=1S/C15H16N4O3/c1-18-11-4-8-6-16-7-9(8)5-12(11)19(15(18)22)10-2-3-13(20)17-14(10)21/h4-5,10,16H,2-3,6-7H2,1H3,(H,17,20,21). The van der Waals surface area contributed by atoms with Crippen LogP contribution in [0, 0.1) is 0 Å². The van der Waals surface area contributed by atoms with E-state index < -0.39 is 11.9 Å². The van der Waals surface area contributed by atoms with Gasteiger partial charge in [-0.1, -0.05) is 0 Å². The van der Waals surface area contributed by atoms with E-state index in [0.717, 1.165) is 29.7 Å². The summed E-state index contributed by atoms with van der Waals surface area (Å²) >= 11 is 0. The predicted octanol–water partition coefficient (Wildman–Crippen LogP) is -0.0791. The minimum absolute atomic E-state index is 0.221. The van der Waals surface area contributed by atoms with E-state index in [1.165, 1.54) is 10.1 Å². The molecule has 1 aromatic heterocycles. The molecule has 2 amide bonds. The summed E-state index contributed by atoms with van der Waals surface area (Å²) in [6.07, 6.45) is 0.616.